The highest BCUT2D eigenvalue weighted by Gasteiger charge is 2.09. The summed E-state index contributed by atoms with van der Waals surface area (Å²) in [5.74, 6) is 0.321. The standard InChI is InChI=1S/C10H21NO.C2H6/c1-4-7-10(12)11(8-5-2)9-6-3;1-2/h4-9H2,1-3H3;1-2H3. The maximum absolute atomic E-state index is 11.4. The maximum atomic E-state index is 11.4. The molecule has 0 N–H and O–H groups in total. The van der Waals surface area contributed by atoms with Gasteiger partial charge in [0.25, 0.3) is 0 Å². The van der Waals surface area contributed by atoms with Crippen LogP contribution in [-0.4, -0.2) is 23.9 Å². The molecule has 0 fully saturated rings. The van der Waals surface area contributed by atoms with Crippen molar-refractivity contribution < 1.29 is 4.79 Å². The van der Waals surface area contributed by atoms with Crippen molar-refractivity contribution in [1.29, 1.82) is 0 Å². The summed E-state index contributed by atoms with van der Waals surface area (Å²) in [5.41, 5.74) is 0. The van der Waals surface area contributed by atoms with Crippen LogP contribution in [0.3, 0.4) is 0 Å². The van der Waals surface area contributed by atoms with Gasteiger partial charge in [-0.05, 0) is 19.3 Å². The fraction of sp³-hybridized carbons (Fsp3) is 0.917. The second-order valence-electron chi connectivity index (χ2n) is 3.13. The molecule has 0 aliphatic rings. The molecule has 0 saturated carbocycles. The Balaban J connectivity index is 0. The van der Waals surface area contributed by atoms with Crippen LogP contribution in [0.25, 0.3) is 0 Å². The quantitative estimate of drug-likeness (QED) is 0.644. The summed E-state index contributed by atoms with van der Waals surface area (Å²) in [7, 11) is 0. The molecule has 0 saturated heterocycles. The summed E-state index contributed by atoms with van der Waals surface area (Å²) >= 11 is 0. The highest BCUT2D eigenvalue weighted by Crippen LogP contribution is 2.00. The fourth-order valence-corrected chi connectivity index (χ4v) is 1.27. The summed E-state index contributed by atoms with van der Waals surface area (Å²) in [6.45, 7) is 12.1. The van der Waals surface area contributed by atoms with Gasteiger partial charge < -0.3 is 4.90 Å². The Kier molecular flexibility index (Phi) is 14.2. The summed E-state index contributed by atoms with van der Waals surface area (Å²) in [6.07, 6.45) is 3.80. The van der Waals surface area contributed by atoms with Gasteiger partial charge >= 0.3 is 0 Å². The smallest absolute Gasteiger partial charge is 0.222 e. The van der Waals surface area contributed by atoms with Gasteiger partial charge in [0.2, 0.25) is 5.91 Å². The fourth-order valence-electron chi connectivity index (χ4n) is 1.27. The zero-order valence-electron chi connectivity index (χ0n) is 10.6. The molecule has 0 aromatic heterocycles. The Morgan fingerprint density at radius 2 is 1.36 bits per heavy atom. The third kappa shape index (κ3) is 8.09. The maximum Gasteiger partial charge on any atom is 0.222 e. The van der Waals surface area contributed by atoms with Gasteiger partial charge in [0, 0.05) is 19.5 Å². The lowest BCUT2D eigenvalue weighted by atomic mass is 10.2. The van der Waals surface area contributed by atoms with Crippen molar-refractivity contribution in [2.75, 3.05) is 13.1 Å². The second-order valence-corrected chi connectivity index (χ2v) is 3.13. The van der Waals surface area contributed by atoms with E-state index in [1.54, 1.807) is 0 Å². The minimum Gasteiger partial charge on any atom is -0.343 e. The van der Waals surface area contributed by atoms with Crippen molar-refractivity contribution in [1.82, 2.24) is 4.90 Å². The molecule has 0 aliphatic heterocycles. The van der Waals surface area contributed by atoms with E-state index < -0.39 is 0 Å². The summed E-state index contributed by atoms with van der Waals surface area (Å²) in [5, 5.41) is 0. The van der Waals surface area contributed by atoms with Crippen LogP contribution in [0.2, 0.25) is 0 Å². The number of carbonyl (C=O) groups is 1. The minimum atomic E-state index is 0.321. The van der Waals surface area contributed by atoms with Gasteiger partial charge in [0.05, 0.1) is 0 Å². The number of hydrogen-bond donors (Lipinski definition) is 0. The lowest BCUT2D eigenvalue weighted by Gasteiger charge is -2.20. The SMILES string of the molecule is CC.CCCC(=O)N(CCC)CCC. The van der Waals surface area contributed by atoms with E-state index in [-0.39, 0.29) is 0 Å². The summed E-state index contributed by atoms with van der Waals surface area (Å²) < 4.78 is 0. The average molecular weight is 201 g/mol. The molecule has 0 aromatic rings. The molecule has 0 bridgehead atoms. The van der Waals surface area contributed by atoms with E-state index in [9.17, 15) is 4.79 Å². The molecule has 0 rings (SSSR count). The Morgan fingerprint density at radius 1 is 0.929 bits per heavy atom. The highest BCUT2D eigenvalue weighted by atomic mass is 16.2. The van der Waals surface area contributed by atoms with E-state index >= 15 is 0 Å². The van der Waals surface area contributed by atoms with Gasteiger partial charge in [0.1, 0.15) is 0 Å². The predicted octanol–water partition coefficient (Wildman–Crippen LogP) is 3.46. The van der Waals surface area contributed by atoms with Crippen LogP contribution in [0.1, 0.15) is 60.3 Å². The van der Waals surface area contributed by atoms with Crippen LogP contribution in [-0.2, 0) is 4.79 Å². The molecule has 2 heteroatoms. The zero-order valence-corrected chi connectivity index (χ0v) is 10.6. The number of amides is 1. The van der Waals surface area contributed by atoms with Gasteiger partial charge in [-0.15, -0.1) is 0 Å². The molecule has 0 unspecified atom stereocenters. The molecule has 0 spiro atoms. The summed E-state index contributed by atoms with van der Waals surface area (Å²) in [6, 6.07) is 0. The molecule has 2 nitrogen and oxygen atoms in total. The first-order valence-electron chi connectivity index (χ1n) is 6.04. The van der Waals surface area contributed by atoms with Gasteiger partial charge in [-0.3, -0.25) is 4.79 Å². The van der Waals surface area contributed by atoms with Crippen molar-refractivity contribution in [3.8, 4) is 0 Å². The summed E-state index contributed by atoms with van der Waals surface area (Å²) in [4.78, 5) is 13.4. The first-order chi connectivity index (χ1) is 6.76. The van der Waals surface area contributed by atoms with Crippen LogP contribution < -0.4 is 0 Å². The van der Waals surface area contributed by atoms with Gasteiger partial charge in [-0.1, -0.05) is 34.6 Å². The van der Waals surface area contributed by atoms with E-state index in [4.69, 9.17) is 0 Å². The normalized spacial score (nSPS) is 8.93. The van der Waals surface area contributed by atoms with Crippen LogP contribution in [0, 0.1) is 0 Å². The number of nitrogens with zero attached hydrogens (tertiary/aromatic N) is 1. The third-order valence-electron chi connectivity index (χ3n) is 1.80. The van der Waals surface area contributed by atoms with E-state index in [1.807, 2.05) is 25.7 Å². The van der Waals surface area contributed by atoms with Crippen LogP contribution in [0.4, 0.5) is 0 Å². The second kappa shape index (κ2) is 12.5. The predicted molar refractivity (Wildman–Crippen MR) is 63.4 cm³/mol. The first kappa shape index (κ1) is 15.9. The van der Waals surface area contributed by atoms with Crippen molar-refractivity contribution in [2.24, 2.45) is 0 Å². The number of hydrogen-bond acceptors (Lipinski definition) is 1. The van der Waals surface area contributed by atoms with E-state index in [0.717, 1.165) is 32.4 Å². The van der Waals surface area contributed by atoms with Crippen molar-refractivity contribution >= 4 is 5.91 Å². The van der Waals surface area contributed by atoms with Crippen molar-refractivity contribution in [2.45, 2.75) is 60.3 Å². The zero-order chi connectivity index (χ0) is 11.4. The first-order valence-corrected chi connectivity index (χ1v) is 6.04. The Hall–Kier alpha value is -0.530. The molecule has 14 heavy (non-hydrogen) atoms. The molecule has 0 radical (unpaired) electrons. The molecule has 1 amide bonds. The van der Waals surface area contributed by atoms with Gasteiger partial charge in [-0.25, -0.2) is 0 Å². The largest absolute Gasteiger partial charge is 0.343 e. The Bertz CT molecular complexity index is 117. The Morgan fingerprint density at radius 3 is 1.64 bits per heavy atom. The molecular formula is C12H27NO. The van der Waals surface area contributed by atoms with Crippen LogP contribution in [0.15, 0.2) is 0 Å². The van der Waals surface area contributed by atoms with Crippen molar-refractivity contribution in [3.63, 3.8) is 0 Å². The molecule has 0 heterocycles. The van der Waals surface area contributed by atoms with Crippen LogP contribution in [0.5, 0.6) is 0 Å². The topological polar surface area (TPSA) is 20.3 Å². The van der Waals surface area contributed by atoms with Crippen molar-refractivity contribution in [3.05, 3.63) is 0 Å². The average Bonchev–Trinajstić information content (AvgIpc) is 2.21. The minimum absolute atomic E-state index is 0.321. The molecule has 0 atom stereocenters. The molecule has 86 valence electrons. The molecular weight excluding hydrogens is 174 g/mol. The third-order valence-corrected chi connectivity index (χ3v) is 1.80. The van der Waals surface area contributed by atoms with E-state index in [1.165, 1.54) is 0 Å². The highest BCUT2D eigenvalue weighted by molar-refractivity contribution is 5.76. The lowest BCUT2D eigenvalue weighted by molar-refractivity contribution is -0.131. The van der Waals surface area contributed by atoms with Gasteiger partial charge in [0.15, 0.2) is 0 Å². The number of carbonyl (C=O) groups excluding carboxylic acids is 1. The van der Waals surface area contributed by atoms with Gasteiger partial charge in [-0.2, -0.15) is 0 Å². The van der Waals surface area contributed by atoms with E-state index in [0.29, 0.717) is 12.3 Å². The molecule has 0 aliphatic carbocycles. The lowest BCUT2D eigenvalue weighted by Crippen LogP contribution is -2.32. The van der Waals surface area contributed by atoms with E-state index in [2.05, 4.69) is 13.8 Å². The number of rotatable bonds is 6. The van der Waals surface area contributed by atoms with Crippen LogP contribution >= 0.6 is 0 Å². The monoisotopic (exact) mass is 201 g/mol. The Labute approximate surface area is 89.7 Å². The molecule has 0 aromatic carbocycles.